The summed E-state index contributed by atoms with van der Waals surface area (Å²) in [6.07, 6.45) is 0. The summed E-state index contributed by atoms with van der Waals surface area (Å²) in [5.41, 5.74) is 2.90. The predicted octanol–water partition coefficient (Wildman–Crippen LogP) is 3.84. The normalized spacial score (nSPS) is 9.95. The highest BCUT2D eigenvalue weighted by atomic mass is 35.5. The highest BCUT2D eigenvalue weighted by Gasteiger charge is 2.05. The van der Waals surface area contributed by atoms with Crippen LogP contribution >= 0.6 is 11.6 Å². The second-order valence-electron chi connectivity index (χ2n) is 4.24. The van der Waals surface area contributed by atoms with Crippen LogP contribution in [0.4, 0.5) is 5.69 Å². The van der Waals surface area contributed by atoms with Crippen LogP contribution in [0.15, 0.2) is 36.4 Å². The van der Waals surface area contributed by atoms with Crippen LogP contribution in [0, 0.1) is 18.3 Å². The fraction of sp³-hybridized carbons (Fsp3) is 0.133. The van der Waals surface area contributed by atoms with Crippen molar-refractivity contribution >= 4 is 17.3 Å². The number of hydrogen-bond donors (Lipinski definition) is 2. The predicted molar refractivity (Wildman–Crippen MR) is 76.3 cm³/mol. The second kappa shape index (κ2) is 5.64. The first-order chi connectivity index (χ1) is 9.11. The monoisotopic (exact) mass is 272 g/mol. The Hall–Kier alpha value is -2.18. The third-order valence-corrected chi connectivity index (χ3v) is 3.20. The number of phenolic OH excluding ortho intramolecular Hbond substituents is 1. The molecular formula is C15H13ClN2O. The van der Waals surface area contributed by atoms with Gasteiger partial charge in [-0.05, 0) is 30.7 Å². The fourth-order valence-corrected chi connectivity index (χ4v) is 2.03. The molecule has 0 aromatic heterocycles. The number of rotatable bonds is 3. The number of aromatic hydroxyl groups is 1. The first-order valence-corrected chi connectivity index (χ1v) is 6.20. The molecule has 0 spiro atoms. The van der Waals surface area contributed by atoms with Crippen LogP contribution in [0.3, 0.4) is 0 Å². The number of aryl methyl sites for hydroxylation is 1. The number of phenols is 1. The maximum absolute atomic E-state index is 9.91. The van der Waals surface area contributed by atoms with E-state index in [0.29, 0.717) is 22.9 Å². The van der Waals surface area contributed by atoms with Crippen LogP contribution in [0.25, 0.3) is 0 Å². The van der Waals surface area contributed by atoms with E-state index in [4.69, 9.17) is 16.9 Å². The molecule has 2 aromatic rings. The van der Waals surface area contributed by atoms with Gasteiger partial charge in [0.2, 0.25) is 0 Å². The first-order valence-electron chi connectivity index (χ1n) is 5.83. The van der Waals surface area contributed by atoms with Crippen molar-refractivity contribution in [3.05, 3.63) is 58.1 Å². The van der Waals surface area contributed by atoms with E-state index >= 15 is 0 Å². The average Bonchev–Trinajstić information content (AvgIpc) is 2.41. The summed E-state index contributed by atoms with van der Waals surface area (Å²) in [5.74, 6) is 0.291. The van der Waals surface area contributed by atoms with Gasteiger partial charge in [0.1, 0.15) is 5.75 Å². The van der Waals surface area contributed by atoms with Crippen LogP contribution in [0.1, 0.15) is 16.7 Å². The number of anilines is 1. The SMILES string of the molecule is Cc1cccc(CNc2ccc(C#N)cc2Cl)c1O. The Morgan fingerprint density at radius 2 is 2.11 bits per heavy atom. The van der Waals surface area contributed by atoms with Gasteiger partial charge in [0.05, 0.1) is 22.3 Å². The summed E-state index contributed by atoms with van der Waals surface area (Å²) in [6, 6.07) is 12.7. The van der Waals surface area contributed by atoms with Gasteiger partial charge in [0.25, 0.3) is 0 Å². The number of hydrogen-bond acceptors (Lipinski definition) is 3. The molecule has 0 atom stereocenters. The van der Waals surface area contributed by atoms with Crippen LogP contribution in [0.5, 0.6) is 5.75 Å². The van der Waals surface area contributed by atoms with E-state index in [2.05, 4.69) is 5.32 Å². The highest BCUT2D eigenvalue weighted by Crippen LogP contribution is 2.26. The Morgan fingerprint density at radius 3 is 2.79 bits per heavy atom. The molecule has 96 valence electrons. The summed E-state index contributed by atoms with van der Waals surface area (Å²) in [4.78, 5) is 0. The van der Waals surface area contributed by atoms with Gasteiger partial charge < -0.3 is 10.4 Å². The first kappa shape index (κ1) is 13.3. The Bertz CT molecular complexity index is 647. The lowest BCUT2D eigenvalue weighted by atomic mass is 10.1. The van der Waals surface area contributed by atoms with Gasteiger partial charge in [-0.25, -0.2) is 0 Å². The van der Waals surface area contributed by atoms with E-state index in [1.807, 2.05) is 31.2 Å². The third-order valence-electron chi connectivity index (χ3n) is 2.89. The lowest BCUT2D eigenvalue weighted by molar-refractivity contribution is 0.465. The molecule has 4 heteroatoms. The lowest BCUT2D eigenvalue weighted by Crippen LogP contribution is -2.01. The molecule has 19 heavy (non-hydrogen) atoms. The summed E-state index contributed by atoms with van der Waals surface area (Å²) >= 11 is 6.07. The van der Waals surface area contributed by atoms with Gasteiger partial charge >= 0.3 is 0 Å². The average molecular weight is 273 g/mol. The van der Waals surface area contributed by atoms with E-state index < -0.39 is 0 Å². The van der Waals surface area contributed by atoms with Gasteiger partial charge in [0.15, 0.2) is 0 Å². The second-order valence-corrected chi connectivity index (χ2v) is 4.65. The van der Waals surface area contributed by atoms with Gasteiger partial charge in [-0.15, -0.1) is 0 Å². The van der Waals surface area contributed by atoms with Crippen LogP contribution in [-0.4, -0.2) is 5.11 Å². The minimum Gasteiger partial charge on any atom is -0.507 e. The van der Waals surface area contributed by atoms with E-state index in [0.717, 1.165) is 16.8 Å². The van der Waals surface area contributed by atoms with Crippen molar-refractivity contribution in [1.82, 2.24) is 0 Å². The van der Waals surface area contributed by atoms with E-state index in [1.165, 1.54) is 0 Å². The van der Waals surface area contributed by atoms with Crippen molar-refractivity contribution in [3.8, 4) is 11.8 Å². The number of para-hydroxylation sites is 1. The minimum atomic E-state index is 0.291. The molecule has 0 saturated heterocycles. The number of nitrogens with one attached hydrogen (secondary N) is 1. The molecule has 0 unspecified atom stereocenters. The summed E-state index contributed by atoms with van der Waals surface area (Å²) in [5, 5.41) is 22.3. The molecule has 2 rings (SSSR count). The third kappa shape index (κ3) is 2.98. The zero-order valence-electron chi connectivity index (χ0n) is 10.4. The summed E-state index contributed by atoms with van der Waals surface area (Å²) in [7, 11) is 0. The van der Waals surface area contributed by atoms with E-state index in [-0.39, 0.29) is 0 Å². The molecule has 0 aliphatic carbocycles. The highest BCUT2D eigenvalue weighted by molar-refractivity contribution is 6.33. The largest absolute Gasteiger partial charge is 0.507 e. The van der Waals surface area contributed by atoms with Crippen molar-refractivity contribution in [2.75, 3.05) is 5.32 Å². The zero-order valence-corrected chi connectivity index (χ0v) is 11.2. The number of benzene rings is 2. The van der Waals surface area contributed by atoms with Crippen molar-refractivity contribution in [2.24, 2.45) is 0 Å². The smallest absolute Gasteiger partial charge is 0.123 e. The zero-order chi connectivity index (χ0) is 13.8. The lowest BCUT2D eigenvalue weighted by Gasteiger charge is -2.11. The topological polar surface area (TPSA) is 56.0 Å². The minimum absolute atomic E-state index is 0.291. The Kier molecular flexibility index (Phi) is 3.94. The molecule has 2 aromatic carbocycles. The molecule has 3 nitrogen and oxygen atoms in total. The van der Waals surface area contributed by atoms with Crippen molar-refractivity contribution < 1.29 is 5.11 Å². The van der Waals surface area contributed by atoms with Crippen molar-refractivity contribution in [2.45, 2.75) is 13.5 Å². The molecule has 0 saturated carbocycles. The summed E-state index contributed by atoms with van der Waals surface area (Å²) < 4.78 is 0. The van der Waals surface area contributed by atoms with Gasteiger partial charge in [0, 0.05) is 12.1 Å². The van der Waals surface area contributed by atoms with Crippen LogP contribution < -0.4 is 5.32 Å². The van der Waals surface area contributed by atoms with Gasteiger partial charge in [-0.3, -0.25) is 0 Å². The molecule has 0 amide bonds. The molecule has 0 bridgehead atoms. The van der Waals surface area contributed by atoms with Gasteiger partial charge in [-0.1, -0.05) is 29.8 Å². The maximum Gasteiger partial charge on any atom is 0.123 e. The Labute approximate surface area is 117 Å². The fourth-order valence-electron chi connectivity index (χ4n) is 1.78. The molecule has 0 radical (unpaired) electrons. The molecule has 0 fully saturated rings. The Balaban J connectivity index is 2.15. The molecule has 0 heterocycles. The van der Waals surface area contributed by atoms with Crippen LogP contribution in [0.2, 0.25) is 5.02 Å². The number of nitrogens with zero attached hydrogens (tertiary/aromatic N) is 1. The summed E-state index contributed by atoms with van der Waals surface area (Å²) in [6.45, 7) is 2.33. The Morgan fingerprint density at radius 1 is 1.32 bits per heavy atom. The van der Waals surface area contributed by atoms with Crippen LogP contribution in [-0.2, 0) is 6.54 Å². The molecular weight excluding hydrogens is 260 g/mol. The van der Waals surface area contributed by atoms with Crippen molar-refractivity contribution in [1.29, 1.82) is 5.26 Å². The van der Waals surface area contributed by atoms with E-state index in [9.17, 15) is 5.11 Å². The molecule has 2 N–H and O–H groups in total. The molecule has 0 aliphatic heterocycles. The van der Waals surface area contributed by atoms with E-state index in [1.54, 1.807) is 18.2 Å². The molecule has 0 aliphatic rings. The number of nitriles is 1. The standard InChI is InChI=1S/C15H13ClN2O/c1-10-3-2-4-12(15(10)19)9-18-14-6-5-11(8-17)7-13(14)16/h2-7,18-19H,9H2,1H3. The van der Waals surface area contributed by atoms with Gasteiger partial charge in [-0.2, -0.15) is 5.26 Å². The maximum atomic E-state index is 9.91. The quantitative estimate of drug-likeness (QED) is 0.893. The number of halogens is 1. The van der Waals surface area contributed by atoms with Crippen molar-refractivity contribution in [3.63, 3.8) is 0 Å².